The molecule has 8 bridgehead atoms. The van der Waals surface area contributed by atoms with Crippen LogP contribution in [0.1, 0.15) is 116 Å². The highest BCUT2D eigenvalue weighted by molar-refractivity contribution is 9.11. The molecular weight excluding hydrogens is 968 g/mol. The number of methoxy groups -OCH3 is 2. The highest BCUT2D eigenvalue weighted by Gasteiger charge is 2.46. The van der Waals surface area contributed by atoms with Crippen LogP contribution in [0.4, 0.5) is 0 Å². The topological polar surface area (TPSA) is 218 Å². The third-order valence-corrected chi connectivity index (χ3v) is 14.3. The summed E-state index contributed by atoms with van der Waals surface area (Å²) in [5, 5.41) is 47.1. The minimum Gasteiger partial charge on any atom is -0.458 e. The van der Waals surface area contributed by atoms with Gasteiger partial charge in [0.05, 0.1) is 80.1 Å². The molecule has 0 aliphatic carbocycles. The summed E-state index contributed by atoms with van der Waals surface area (Å²) in [6.07, 6.45) is 15.7. The normalized spacial score (nSPS) is 36.2. The maximum absolute atomic E-state index is 13.7. The average molecular weight is 1040 g/mol. The fraction of sp³-hybridized carbons (Fsp3) is 0.642. The van der Waals surface area contributed by atoms with Gasteiger partial charge in [-0.05, 0) is 69.0 Å². The van der Waals surface area contributed by atoms with Crippen molar-refractivity contribution >= 4 is 33.9 Å². The summed E-state index contributed by atoms with van der Waals surface area (Å²) in [4.78, 5) is 33.7. The molecule has 16 atom stereocenters. The quantitative estimate of drug-likeness (QED) is 0.0725. The summed E-state index contributed by atoms with van der Waals surface area (Å²) in [5.41, 5.74) is 3.10. The van der Waals surface area contributed by atoms with Crippen LogP contribution in [0.2, 0.25) is 0 Å². The maximum atomic E-state index is 13.7. The Bertz CT molecular complexity index is 2080. The molecule has 0 spiro atoms. The van der Waals surface area contributed by atoms with E-state index >= 15 is 0 Å². The molecule has 70 heavy (non-hydrogen) atoms. The van der Waals surface area contributed by atoms with Gasteiger partial charge in [-0.15, -0.1) is 0 Å². The van der Waals surface area contributed by atoms with E-state index < -0.39 is 85.6 Å². The summed E-state index contributed by atoms with van der Waals surface area (Å²) < 4.78 is 48.9. The summed E-state index contributed by atoms with van der Waals surface area (Å²) in [6.45, 7) is 11.4. The number of halogens is 1. The van der Waals surface area contributed by atoms with Gasteiger partial charge >= 0.3 is 5.97 Å². The zero-order valence-electron chi connectivity index (χ0n) is 41.4. The smallest absolute Gasteiger partial charge is 0.330 e. The number of aromatic nitrogens is 1. The lowest BCUT2D eigenvalue weighted by molar-refractivity contribution is -0.285. The summed E-state index contributed by atoms with van der Waals surface area (Å²) in [5.74, 6) is -3.29. The molecule has 16 nitrogen and oxygen atoms in total. The van der Waals surface area contributed by atoms with E-state index in [-0.39, 0.29) is 49.1 Å². The van der Waals surface area contributed by atoms with Gasteiger partial charge in [-0.25, -0.2) is 9.78 Å². The molecule has 5 aliphatic rings. The Labute approximate surface area is 421 Å². The summed E-state index contributed by atoms with van der Waals surface area (Å²) in [6, 6.07) is -0.882. The number of ether oxygens (including phenoxy) is 7. The zero-order chi connectivity index (χ0) is 50.5. The van der Waals surface area contributed by atoms with Crippen molar-refractivity contribution in [1.82, 2.24) is 10.3 Å². The van der Waals surface area contributed by atoms with Crippen molar-refractivity contribution in [1.29, 1.82) is 0 Å². The van der Waals surface area contributed by atoms with Crippen molar-refractivity contribution in [3.05, 3.63) is 94.7 Å². The van der Waals surface area contributed by atoms with Crippen LogP contribution in [0.15, 0.2) is 87.6 Å². The Balaban J connectivity index is 1.16. The monoisotopic (exact) mass is 1040 g/mol. The molecule has 6 rings (SSSR count). The van der Waals surface area contributed by atoms with Gasteiger partial charge in [-0.3, -0.25) is 4.79 Å². The fourth-order valence-electron chi connectivity index (χ4n) is 10.4. The van der Waals surface area contributed by atoms with Crippen LogP contribution in [-0.4, -0.2) is 137 Å². The Morgan fingerprint density at radius 1 is 1.03 bits per heavy atom. The molecule has 0 aromatic carbocycles. The van der Waals surface area contributed by atoms with Crippen LogP contribution < -0.4 is 5.32 Å². The number of hydrogen-bond donors (Lipinski definition) is 5. The molecule has 5 N–H and O–H groups in total. The number of amides is 1. The average Bonchev–Trinajstić information content (AvgIpc) is 3.79. The maximum Gasteiger partial charge on any atom is 0.330 e. The third-order valence-electron chi connectivity index (χ3n) is 13.9. The molecular formula is C53H75BrN2O14. The van der Waals surface area contributed by atoms with Gasteiger partial charge in [0.15, 0.2) is 5.79 Å². The van der Waals surface area contributed by atoms with E-state index in [0.29, 0.717) is 68.5 Å². The number of nitrogens with one attached hydrogen (secondary N) is 1. The Kier molecular flexibility index (Phi) is 21.0. The van der Waals surface area contributed by atoms with Crippen molar-refractivity contribution in [2.75, 3.05) is 20.8 Å². The predicted octanol–water partition coefficient (Wildman–Crippen LogP) is 6.94. The van der Waals surface area contributed by atoms with E-state index in [9.17, 15) is 30.0 Å². The van der Waals surface area contributed by atoms with Crippen molar-refractivity contribution in [2.24, 2.45) is 11.8 Å². The zero-order valence-corrected chi connectivity index (χ0v) is 43.0. The van der Waals surface area contributed by atoms with Crippen molar-refractivity contribution in [3.8, 4) is 0 Å². The third kappa shape index (κ3) is 16.0. The van der Waals surface area contributed by atoms with Gasteiger partial charge in [0.1, 0.15) is 24.2 Å². The SMILES string of the molecule is C=C1C[C@@H]2C[C@@H]3C[C@@H](O)C[C@@H](O3)c3coc(n3)/C=C/C[C@H]3O[C@@H](/C(C)=C/C(CO)NC(=O)C[C@]4(O)C[C@H](OC)C[C@H]([C@H](O)/C=C(C)/C=C/[C@@H](C/C=C/Br)OC)O4)[C@H](C)[C@@H](OC(=O)/C=C\C[C@@H](C1)O2)[C@H]3C. The number of aliphatic hydroxyl groups excluding tert-OH is 3. The highest BCUT2D eigenvalue weighted by Crippen LogP contribution is 2.39. The van der Waals surface area contributed by atoms with E-state index in [2.05, 4.69) is 27.8 Å². The second kappa shape index (κ2) is 26.4. The molecule has 1 amide bonds. The van der Waals surface area contributed by atoms with Gasteiger partial charge in [0, 0.05) is 57.8 Å². The van der Waals surface area contributed by atoms with Crippen molar-refractivity contribution in [3.63, 3.8) is 0 Å². The van der Waals surface area contributed by atoms with E-state index in [0.717, 1.165) is 11.1 Å². The Morgan fingerprint density at radius 3 is 2.54 bits per heavy atom. The van der Waals surface area contributed by atoms with Crippen molar-refractivity contribution in [2.45, 2.75) is 183 Å². The Hall–Kier alpha value is -3.59. The largest absolute Gasteiger partial charge is 0.458 e. The number of rotatable bonds is 14. The first-order valence-electron chi connectivity index (χ1n) is 24.6. The predicted molar refractivity (Wildman–Crippen MR) is 265 cm³/mol. The molecule has 0 saturated carbocycles. The van der Waals surface area contributed by atoms with Gasteiger partial charge in [-0.2, -0.15) is 0 Å². The molecule has 17 heteroatoms. The molecule has 4 saturated heterocycles. The summed E-state index contributed by atoms with van der Waals surface area (Å²) in [7, 11) is 3.12. The van der Waals surface area contributed by atoms with Crippen LogP contribution in [0.5, 0.6) is 0 Å². The van der Waals surface area contributed by atoms with Crippen LogP contribution in [-0.2, 0) is 42.7 Å². The lowest BCUT2D eigenvalue weighted by Gasteiger charge is -2.44. The van der Waals surface area contributed by atoms with E-state index in [1.54, 1.807) is 42.7 Å². The van der Waals surface area contributed by atoms with Gasteiger partial charge in [-0.1, -0.05) is 90.0 Å². The first-order valence-corrected chi connectivity index (χ1v) is 25.5. The van der Waals surface area contributed by atoms with Crippen LogP contribution in [0.3, 0.4) is 0 Å². The molecule has 1 aromatic rings. The standard InChI is InChI=1S/C53H75BrN2O14/c1-31(16-17-38(63-6)12-10-18-54)21-44(59)47-26-42(64-7)27-53(62,70-47)28-48(60)55-36(29-57)22-33(3)51-35(5)52-34(4)45(68-51)13-9-14-49-56-43(30-65-49)46-24-37(58)23-41(67-46)25-40-20-32(2)19-39(66-40)11-8-15-50(61)69-52/h8-10,14-18,21-22,30,34-42,44-47,51-52,57-59,62H,2,11-13,19-20,23-29H2,1,3-7H3,(H,55,60)/b14-9+,15-8-,17-16+,18-10+,31-21+,33-22+/t34-,35-,36?,37+,38+,39-,40+,41-,42+,44+,45+,46+,47+,51-,52-,53-/m0/s1. The van der Waals surface area contributed by atoms with Gasteiger partial charge in [0.25, 0.3) is 0 Å². The number of allylic oxidation sites excluding steroid dienone is 2. The number of nitrogens with zero attached hydrogens (tertiary/aromatic N) is 1. The minimum atomic E-state index is -1.98. The molecule has 4 fully saturated rings. The number of hydrogen-bond acceptors (Lipinski definition) is 15. The fourth-order valence-corrected chi connectivity index (χ4v) is 10.6. The highest BCUT2D eigenvalue weighted by atomic mass is 79.9. The molecule has 6 heterocycles. The van der Waals surface area contributed by atoms with Gasteiger partial charge in [0.2, 0.25) is 11.8 Å². The number of carbonyl (C=O) groups excluding carboxylic acids is 2. The first kappa shape index (κ1) is 55.7. The van der Waals surface area contributed by atoms with E-state index in [1.807, 2.05) is 52.0 Å². The minimum absolute atomic E-state index is 0.0179. The van der Waals surface area contributed by atoms with Crippen LogP contribution in [0, 0.1) is 11.8 Å². The van der Waals surface area contributed by atoms with E-state index in [4.69, 9.17) is 42.6 Å². The molecule has 388 valence electrons. The van der Waals surface area contributed by atoms with Gasteiger partial charge < -0.3 is 63.3 Å². The number of fused-ring (bicyclic) bond motifs is 9. The number of oxazole rings is 1. The molecule has 1 aromatic heterocycles. The van der Waals surface area contributed by atoms with Crippen LogP contribution in [0.25, 0.3) is 6.08 Å². The Morgan fingerprint density at radius 2 is 1.80 bits per heavy atom. The van der Waals surface area contributed by atoms with E-state index in [1.165, 1.54) is 13.2 Å². The number of carbonyl (C=O) groups is 2. The lowest BCUT2D eigenvalue weighted by atomic mass is 9.79. The number of aliphatic hydroxyl groups is 4. The molecule has 5 aliphatic heterocycles. The number of esters is 1. The van der Waals surface area contributed by atoms with Crippen LogP contribution >= 0.6 is 15.9 Å². The lowest BCUT2D eigenvalue weighted by Crippen LogP contribution is -2.53. The second-order valence-electron chi connectivity index (χ2n) is 19.7. The van der Waals surface area contributed by atoms with Crippen molar-refractivity contribution < 1.29 is 67.6 Å². The molecule has 0 radical (unpaired) electrons. The second-order valence-corrected chi connectivity index (χ2v) is 20.3. The first-order chi connectivity index (χ1) is 33.5. The molecule has 1 unspecified atom stereocenters. The summed E-state index contributed by atoms with van der Waals surface area (Å²) >= 11 is 3.27.